The Morgan fingerprint density at radius 1 is 0.490 bits per heavy atom. The van der Waals surface area contributed by atoms with Gasteiger partial charge < -0.3 is 36.1 Å². The van der Waals surface area contributed by atoms with Crippen molar-refractivity contribution in [3.63, 3.8) is 0 Å². The zero-order valence-corrected chi connectivity index (χ0v) is 33.2. The predicted molar refractivity (Wildman–Crippen MR) is 193 cm³/mol. The van der Waals surface area contributed by atoms with E-state index >= 15 is 0 Å². The van der Waals surface area contributed by atoms with Crippen LogP contribution in [0.5, 0.6) is 34.5 Å². The Balaban J connectivity index is 0.00000650. The summed E-state index contributed by atoms with van der Waals surface area (Å²) in [6.45, 7) is 23.2. The molecule has 3 aromatic carbocycles. The summed E-state index contributed by atoms with van der Waals surface area (Å²) in [6.07, 6.45) is 3.14. The molecule has 9 nitrogen and oxygen atoms in total. The molecule has 0 fully saturated rings. The van der Waals surface area contributed by atoms with Crippen molar-refractivity contribution in [1.82, 2.24) is 5.43 Å². The van der Waals surface area contributed by atoms with Gasteiger partial charge in [0.15, 0.2) is 5.69 Å². The van der Waals surface area contributed by atoms with E-state index in [4.69, 9.17) is 5.10 Å². The predicted octanol–water partition coefficient (Wildman–Crippen LogP) is 9.23. The first-order valence-electron chi connectivity index (χ1n) is 16.9. The van der Waals surface area contributed by atoms with Gasteiger partial charge in [0.2, 0.25) is 0 Å². The van der Waals surface area contributed by atoms with Crippen LogP contribution < -0.4 is 10.5 Å². The molecule has 0 radical (unpaired) electrons. The molecule has 49 heavy (non-hydrogen) atoms. The molecule has 0 atom stereocenters. The summed E-state index contributed by atoms with van der Waals surface area (Å²) in [5.74, 6) is -1.87. The number of nitrogens with zero attached hydrogens (tertiary/aromatic N) is 2. The fourth-order valence-electron chi connectivity index (χ4n) is 6.14. The van der Waals surface area contributed by atoms with Gasteiger partial charge in [-0.25, -0.2) is 0 Å². The van der Waals surface area contributed by atoms with Crippen molar-refractivity contribution in [2.24, 2.45) is 5.10 Å². The van der Waals surface area contributed by atoms with Crippen LogP contribution in [0.1, 0.15) is 163 Å². The molecule has 0 aromatic heterocycles. The van der Waals surface area contributed by atoms with E-state index in [0.29, 0.717) is 33.4 Å². The standard InChI is InChI=1S/C39H52N3O6.Zr/c1-17(2)23-13-24(18(3)4)35(44)31(34(23)43)29-16-30(32-36(45)25(19(5)6)14-26(20(7)8)37(32)46)41-42(40-29)33-38(47)27(21(9)10)15-28(22(11)12)39(33)48;/h13-15,17-22,40,43-48H,1-12H3;/q-1;. The first-order chi connectivity index (χ1) is 22.3. The second-order valence-corrected chi connectivity index (χ2v) is 14.7. The summed E-state index contributed by atoms with van der Waals surface area (Å²) < 4.78 is 0. The Bertz CT molecular complexity index is 1690. The van der Waals surface area contributed by atoms with Crippen LogP contribution in [0.15, 0.2) is 23.3 Å². The Morgan fingerprint density at radius 3 is 1.08 bits per heavy atom. The second-order valence-electron chi connectivity index (χ2n) is 14.7. The molecule has 0 amide bonds. The first kappa shape index (κ1) is 39.8. The van der Waals surface area contributed by atoms with Crippen LogP contribution in [-0.2, 0) is 26.2 Å². The summed E-state index contributed by atoms with van der Waals surface area (Å²) in [6, 6.07) is 5.35. The van der Waals surface area contributed by atoms with Crippen LogP contribution in [0.4, 0.5) is 5.69 Å². The van der Waals surface area contributed by atoms with E-state index in [1.165, 1.54) is 0 Å². The van der Waals surface area contributed by atoms with Crippen molar-refractivity contribution >= 4 is 17.1 Å². The van der Waals surface area contributed by atoms with Crippen LogP contribution in [0.25, 0.3) is 5.70 Å². The molecular weight excluding hydrogens is 698 g/mol. The Hall–Kier alpha value is -3.65. The Kier molecular flexibility index (Phi) is 12.2. The molecule has 264 valence electrons. The molecule has 0 saturated carbocycles. The number of allylic oxidation sites excluding steroid dienone is 1. The zero-order chi connectivity index (χ0) is 36.1. The van der Waals surface area contributed by atoms with Crippen LogP contribution in [-0.4, -0.2) is 36.4 Å². The quantitative estimate of drug-likeness (QED) is 0.107. The maximum Gasteiger partial charge on any atom is 0.167 e. The van der Waals surface area contributed by atoms with Gasteiger partial charge in [-0.1, -0.05) is 95.2 Å². The molecule has 0 unspecified atom stereocenters. The van der Waals surface area contributed by atoms with Crippen LogP contribution in [0.2, 0.25) is 0 Å². The third kappa shape index (κ3) is 7.31. The summed E-state index contributed by atoms with van der Waals surface area (Å²) in [5, 5.41) is 75.9. The van der Waals surface area contributed by atoms with Crippen molar-refractivity contribution in [2.75, 3.05) is 5.12 Å². The minimum absolute atomic E-state index is 0. The molecule has 10 heteroatoms. The van der Waals surface area contributed by atoms with Gasteiger partial charge in [-0.05, 0) is 97.5 Å². The Morgan fingerprint density at radius 2 is 0.776 bits per heavy atom. The summed E-state index contributed by atoms with van der Waals surface area (Å²) in [4.78, 5) is 0. The van der Waals surface area contributed by atoms with Gasteiger partial charge >= 0.3 is 0 Å². The molecule has 3 aromatic rings. The zero-order valence-electron chi connectivity index (χ0n) is 30.8. The number of benzene rings is 3. The number of anilines is 1. The summed E-state index contributed by atoms with van der Waals surface area (Å²) in [7, 11) is 0. The molecule has 0 bridgehead atoms. The summed E-state index contributed by atoms with van der Waals surface area (Å²) >= 11 is 0. The average Bonchev–Trinajstić information content (AvgIpc) is 2.96. The molecule has 1 heterocycles. The van der Waals surface area contributed by atoms with Gasteiger partial charge in [0.05, 0.1) is 23.0 Å². The molecule has 1 aliphatic heterocycles. The molecule has 0 spiro atoms. The van der Waals surface area contributed by atoms with Gasteiger partial charge in [-0.3, -0.25) is 0 Å². The van der Waals surface area contributed by atoms with Crippen LogP contribution in [0.3, 0.4) is 0 Å². The topological polar surface area (TPSA) is 149 Å². The Labute approximate surface area is 310 Å². The van der Waals surface area contributed by atoms with Crippen molar-refractivity contribution in [1.29, 1.82) is 0 Å². The van der Waals surface area contributed by atoms with Crippen molar-refractivity contribution in [3.05, 3.63) is 68.8 Å². The van der Waals surface area contributed by atoms with Gasteiger partial charge in [-0.15, -0.1) is 6.08 Å². The number of phenolic OH excluding ortho intramolecular Hbond substituents is 6. The van der Waals surface area contributed by atoms with Crippen molar-refractivity contribution in [3.8, 4) is 34.5 Å². The van der Waals surface area contributed by atoms with E-state index in [9.17, 15) is 30.6 Å². The number of hydrazine groups is 1. The van der Waals surface area contributed by atoms with Crippen molar-refractivity contribution < 1.29 is 56.8 Å². The van der Waals surface area contributed by atoms with Gasteiger partial charge in [0.25, 0.3) is 0 Å². The van der Waals surface area contributed by atoms with E-state index in [0.717, 1.165) is 5.12 Å². The molecule has 4 rings (SSSR count). The van der Waals surface area contributed by atoms with Crippen LogP contribution in [0, 0.1) is 6.08 Å². The number of hydrogen-bond donors (Lipinski definition) is 7. The number of aromatic hydroxyl groups is 6. The number of phenols is 6. The van der Waals surface area contributed by atoms with E-state index in [1.807, 2.05) is 83.1 Å². The maximum absolute atomic E-state index is 11.7. The smallest absolute Gasteiger partial charge is 0.167 e. The second kappa shape index (κ2) is 15.1. The number of nitrogens with one attached hydrogen (secondary N) is 1. The SMILES string of the molecule is CC(C)c1cc(C(C)C)c(O)c(C2=[C-]C(c3c(O)c(C(C)C)cc(C(C)C)c3O)=NN(c3c(O)c(C(C)C)cc(C(C)C)c3O)N2)c1O.[Zr]. The molecular formula is C39H52N3O6Zr-. The van der Waals surface area contributed by atoms with E-state index in [1.54, 1.807) is 18.2 Å². The third-order valence-corrected chi connectivity index (χ3v) is 9.06. The number of hydrazone groups is 1. The summed E-state index contributed by atoms with van der Waals surface area (Å²) in [5.41, 5.74) is 6.60. The fourth-order valence-corrected chi connectivity index (χ4v) is 6.14. The number of rotatable bonds is 9. The maximum atomic E-state index is 11.7. The van der Waals surface area contributed by atoms with Crippen LogP contribution >= 0.6 is 0 Å². The minimum atomic E-state index is -0.219. The largest absolute Gasteiger partial charge is 0.520 e. The van der Waals surface area contributed by atoms with Crippen molar-refractivity contribution in [2.45, 2.75) is 119 Å². The monoisotopic (exact) mass is 748 g/mol. The first-order valence-corrected chi connectivity index (χ1v) is 16.9. The van der Waals surface area contributed by atoms with Gasteiger partial charge in [-0.2, -0.15) is 10.2 Å². The van der Waals surface area contributed by atoms with Gasteiger partial charge in [0, 0.05) is 26.2 Å². The van der Waals surface area contributed by atoms with E-state index < -0.39 is 0 Å². The van der Waals surface area contributed by atoms with Gasteiger partial charge in [0.1, 0.15) is 11.5 Å². The fraction of sp³-hybridized carbons (Fsp3) is 0.462. The average molecular weight is 750 g/mol. The normalized spacial score (nSPS) is 13.5. The molecule has 0 aliphatic carbocycles. The van der Waals surface area contributed by atoms with E-state index in [2.05, 4.69) is 11.5 Å². The minimum Gasteiger partial charge on any atom is -0.520 e. The molecule has 1 aliphatic rings. The number of hydrogen-bond acceptors (Lipinski definition) is 9. The molecule has 7 N–H and O–H groups in total. The van der Waals surface area contributed by atoms with E-state index in [-0.39, 0.29) is 124 Å². The molecule has 0 saturated heterocycles. The third-order valence-electron chi connectivity index (χ3n) is 9.06.